The summed E-state index contributed by atoms with van der Waals surface area (Å²) >= 11 is 3.18. The van der Waals surface area contributed by atoms with Crippen LogP contribution in [-0.2, 0) is 26.7 Å². The average molecular weight is 645 g/mol. The van der Waals surface area contributed by atoms with Crippen molar-refractivity contribution in [1.82, 2.24) is 0 Å². The van der Waals surface area contributed by atoms with Gasteiger partial charge in [-0.3, -0.25) is 0 Å². The summed E-state index contributed by atoms with van der Waals surface area (Å²) in [5.41, 5.74) is -5.93. The number of methoxy groups -OCH3 is 1. The van der Waals surface area contributed by atoms with Gasteiger partial charge >= 0.3 is 175 Å². The van der Waals surface area contributed by atoms with Crippen molar-refractivity contribution in [2.24, 2.45) is 0 Å². The van der Waals surface area contributed by atoms with E-state index in [0.29, 0.717) is 4.00 Å². The molecule has 2 aromatic carbocycles. The molecule has 0 spiro atoms. The maximum absolute atomic E-state index is 14.3. The van der Waals surface area contributed by atoms with Crippen molar-refractivity contribution in [2.45, 2.75) is 5.51 Å². The van der Waals surface area contributed by atoms with E-state index in [9.17, 15) is 26.0 Å². The van der Waals surface area contributed by atoms with E-state index >= 15 is 0 Å². The Morgan fingerprint density at radius 2 is 2.00 bits per heavy atom. The van der Waals surface area contributed by atoms with Gasteiger partial charge in [-0.25, -0.2) is 0 Å². The van der Waals surface area contributed by atoms with Crippen LogP contribution in [0.5, 0.6) is 11.5 Å². The van der Waals surface area contributed by atoms with Crippen LogP contribution in [0, 0.1) is 15.2 Å². The third kappa shape index (κ3) is 5.57. The third-order valence-electron chi connectivity index (χ3n) is 3.15. The predicted octanol–water partition coefficient (Wildman–Crippen LogP) is 3.53. The molecular weight excluding hydrogens is 636 g/mol. The van der Waals surface area contributed by atoms with Crippen LogP contribution < -0.4 is 8.92 Å². The normalized spacial score (nSPS) is 11.3. The minimum absolute atomic E-state index is 0.0321. The first kappa shape index (κ1) is 23.3. The molecule has 0 radical (unpaired) electrons. The summed E-state index contributed by atoms with van der Waals surface area (Å²) in [5, 5.41) is -0.0327. The minimum atomic E-state index is -6.00. The van der Waals surface area contributed by atoms with E-state index in [-0.39, 0.29) is 28.9 Å². The SMILES string of the molecule is COCOc1cc(OS(=O)(=O)C(F)(F)F)c2c(C#[C][Tl]=[P+]=S)c(F)ccc2c1. The molecule has 0 aromatic heterocycles. The predicted molar refractivity (Wildman–Crippen MR) is 98.9 cm³/mol. The first-order chi connectivity index (χ1) is 13.1. The molecule has 0 aliphatic carbocycles. The first-order valence-electron chi connectivity index (χ1n) is 7.15. The molecule has 0 bridgehead atoms. The molecule has 5 nitrogen and oxygen atoms in total. The number of halogens is 4. The van der Waals surface area contributed by atoms with Gasteiger partial charge in [0.05, 0.1) is 0 Å². The van der Waals surface area contributed by atoms with Crippen LogP contribution in [-0.4, -0.2) is 50.9 Å². The number of hydrogen-bond acceptors (Lipinski definition) is 6. The number of hydrogen-bond donors (Lipinski definition) is 0. The fourth-order valence-electron chi connectivity index (χ4n) is 2.07. The van der Waals surface area contributed by atoms with Crippen molar-refractivity contribution in [3.05, 3.63) is 35.6 Å². The summed E-state index contributed by atoms with van der Waals surface area (Å²) in [6.07, 6.45) is 0. The van der Waals surface area contributed by atoms with Crippen LogP contribution in [0.1, 0.15) is 5.56 Å². The van der Waals surface area contributed by atoms with E-state index in [0.717, 1.165) is 12.1 Å². The Morgan fingerprint density at radius 1 is 1.29 bits per heavy atom. The van der Waals surface area contributed by atoms with Gasteiger partial charge in [-0.2, -0.15) is 0 Å². The number of alkyl halides is 3. The molecule has 28 heavy (non-hydrogen) atoms. The molecule has 2 aromatic rings. The molecule has 0 aliphatic heterocycles. The molecule has 146 valence electrons. The summed E-state index contributed by atoms with van der Waals surface area (Å²) in [5.74, 6) is 0.944. The van der Waals surface area contributed by atoms with E-state index in [4.69, 9.17) is 21.3 Å². The van der Waals surface area contributed by atoms with E-state index in [1.54, 1.807) is 0 Å². The fraction of sp³-hybridized carbons (Fsp3) is 0.200. The standard InChI is InChI=1S/C15H9F4O5S.PS.Tl/c1-3-11-12(16)5-4-9-6-10(23-8-22-2)7-13(14(9)11)24-25(20,21)15(17,18)19;1-2;/h4-7H,8H2,2H3;;/q;-1;+2. The van der Waals surface area contributed by atoms with Crippen molar-refractivity contribution in [3.8, 4) is 20.9 Å². The van der Waals surface area contributed by atoms with Gasteiger partial charge < -0.3 is 0 Å². The number of rotatable bonds is 5. The summed E-state index contributed by atoms with van der Waals surface area (Å²) < 4.78 is 93.3. The van der Waals surface area contributed by atoms with Crippen LogP contribution in [0.2, 0.25) is 0 Å². The Kier molecular flexibility index (Phi) is 8.09. The van der Waals surface area contributed by atoms with Crippen LogP contribution in [0.15, 0.2) is 24.3 Å². The summed E-state index contributed by atoms with van der Waals surface area (Å²) in [7, 11) is -4.68. The second kappa shape index (κ2) is 9.71. The molecular formula is C15H9F4O5PS2Tl+. The van der Waals surface area contributed by atoms with Crippen LogP contribution >= 0.6 is 4.00 Å². The van der Waals surface area contributed by atoms with Crippen LogP contribution in [0.3, 0.4) is 0 Å². The van der Waals surface area contributed by atoms with Gasteiger partial charge in [0.1, 0.15) is 0 Å². The first-order valence-corrected chi connectivity index (χ1v) is 18.8. The Labute approximate surface area is 174 Å². The molecule has 2 rings (SSSR count). The van der Waals surface area contributed by atoms with Crippen molar-refractivity contribution in [2.75, 3.05) is 13.9 Å². The van der Waals surface area contributed by atoms with E-state index in [2.05, 4.69) is 13.6 Å². The molecule has 0 fully saturated rings. The van der Waals surface area contributed by atoms with Crippen LogP contribution in [0.4, 0.5) is 17.6 Å². The Morgan fingerprint density at radius 3 is 2.61 bits per heavy atom. The zero-order chi connectivity index (χ0) is 20.9. The molecule has 13 heteroatoms. The van der Waals surface area contributed by atoms with Crippen LogP contribution in [0.25, 0.3) is 10.8 Å². The fourth-order valence-corrected chi connectivity index (χ4v) is 5.97. The van der Waals surface area contributed by atoms with Crippen molar-refractivity contribution in [1.29, 1.82) is 0 Å². The Balaban J connectivity index is 2.80. The topological polar surface area (TPSA) is 61.8 Å². The number of fused-ring (bicyclic) bond motifs is 1. The van der Waals surface area contributed by atoms with Gasteiger partial charge in [-0.1, -0.05) is 0 Å². The third-order valence-corrected chi connectivity index (χ3v) is 10.4. The molecule has 0 unspecified atom stereocenters. The summed E-state index contributed by atoms with van der Waals surface area (Å²) in [4.78, 5) is 0. The van der Waals surface area contributed by atoms with Gasteiger partial charge in [0.15, 0.2) is 0 Å². The van der Waals surface area contributed by atoms with Crippen molar-refractivity contribution in [3.63, 3.8) is 0 Å². The molecule has 0 amide bonds. The zero-order valence-corrected chi connectivity index (χ0v) is 20.9. The Hall–Kier alpha value is -0.938. The summed E-state index contributed by atoms with van der Waals surface area (Å²) in [6.45, 7) is -0.253. The molecule has 0 N–H and O–H groups in total. The molecule has 0 saturated heterocycles. The van der Waals surface area contributed by atoms with E-state index < -0.39 is 50.3 Å². The zero-order valence-electron chi connectivity index (χ0n) is 13.9. The van der Waals surface area contributed by atoms with Crippen molar-refractivity contribution >= 4 is 59.8 Å². The van der Waals surface area contributed by atoms with Crippen molar-refractivity contribution < 1.29 is 39.6 Å². The van der Waals surface area contributed by atoms with Gasteiger partial charge in [0.25, 0.3) is 0 Å². The second-order valence-corrected chi connectivity index (χ2v) is 19.1. The summed E-state index contributed by atoms with van der Waals surface area (Å²) in [6, 6.07) is 4.59. The molecule has 0 aliphatic rings. The molecule has 0 heterocycles. The van der Waals surface area contributed by atoms with Gasteiger partial charge in [0, 0.05) is 0 Å². The van der Waals surface area contributed by atoms with E-state index in [1.165, 1.54) is 19.2 Å². The van der Waals surface area contributed by atoms with Gasteiger partial charge in [-0.15, -0.1) is 0 Å². The average Bonchev–Trinajstić information content (AvgIpc) is 2.60. The quantitative estimate of drug-likeness (QED) is 0.0945. The van der Waals surface area contributed by atoms with Gasteiger partial charge in [0.2, 0.25) is 0 Å². The number of ether oxygens (including phenoxy) is 2. The monoisotopic (exact) mass is 645 g/mol. The molecule has 0 atom stereocenters. The maximum atomic E-state index is 14.3. The van der Waals surface area contributed by atoms with Gasteiger partial charge in [-0.05, 0) is 0 Å². The number of benzene rings is 2. The Bertz CT molecular complexity index is 1120. The second-order valence-electron chi connectivity index (χ2n) is 4.98. The molecule has 0 saturated carbocycles. The van der Waals surface area contributed by atoms with E-state index in [1.807, 2.05) is 0 Å².